The molecule has 1 saturated heterocycles. The third-order valence-corrected chi connectivity index (χ3v) is 3.76. The van der Waals surface area contributed by atoms with Crippen molar-refractivity contribution in [2.75, 3.05) is 25.1 Å². The molecular weight excluding hydrogens is 222 g/mol. The lowest BCUT2D eigenvalue weighted by Gasteiger charge is -2.22. The Hall–Kier alpha value is -1.12. The normalized spacial score (nSPS) is 17.0. The van der Waals surface area contributed by atoms with E-state index in [2.05, 4.69) is 15.8 Å². The quantitative estimate of drug-likeness (QED) is 0.875. The predicted molar refractivity (Wildman–Crippen MR) is 63.6 cm³/mol. The number of hydrogen-bond donors (Lipinski definition) is 1. The Labute approximate surface area is 99.4 Å². The number of rotatable bonds is 3. The van der Waals surface area contributed by atoms with Crippen LogP contribution in [0.5, 0.6) is 0 Å². The third kappa shape index (κ3) is 2.52. The fraction of sp³-hybridized carbons (Fsp3) is 0.636. The number of ether oxygens (including phenoxy) is 1. The lowest BCUT2D eigenvalue weighted by molar-refractivity contribution is 0.0699. The Morgan fingerprint density at radius 2 is 2.31 bits per heavy atom. The molecule has 1 fully saturated rings. The van der Waals surface area contributed by atoms with E-state index in [1.54, 1.807) is 0 Å². The molecule has 2 heterocycles. The summed E-state index contributed by atoms with van der Waals surface area (Å²) in [4.78, 5) is 0. The predicted octanol–water partition coefficient (Wildman–Crippen LogP) is 2.16. The molecule has 1 N–H and O–H groups in total. The molecule has 2 rings (SSSR count). The van der Waals surface area contributed by atoms with Gasteiger partial charge in [-0.1, -0.05) is 0 Å². The molecule has 1 aliphatic rings. The van der Waals surface area contributed by atoms with Crippen LogP contribution < -0.4 is 5.32 Å². The van der Waals surface area contributed by atoms with E-state index in [1.165, 1.54) is 11.5 Å². The number of nitrogens with one attached hydrogen (secondary N) is 1. The van der Waals surface area contributed by atoms with Crippen molar-refractivity contribution < 1.29 is 4.74 Å². The molecule has 0 radical (unpaired) electrons. The molecule has 0 atom stereocenters. The SMILES string of the molecule is Cc1nsc(NCC2CCOCC2)c1C#N. The van der Waals surface area contributed by atoms with Crippen molar-refractivity contribution in [3.63, 3.8) is 0 Å². The highest BCUT2D eigenvalue weighted by atomic mass is 32.1. The van der Waals surface area contributed by atoms with Crippen molar-refractivity contribution in [1.29, 1.82) is 5.26 Å². The van der Waals surface area contributed by atoms with E-state index in [0.717, 1.165) is 43.3 Å². The summed E-state index contributed by atoms with van der Waals surface area (Å²) in [6, 6.07) is 2.19. The second kappa shape index (κ2) is 5.28. The van der Waals surface area contributed by atoms with E-state index in [-0.39, 0.29) is 0 Å². The molecular formula is C11H15N3OS. The maximum atomic E-state index is 8.98. The van der Waals surface area contributed by atoms with Crippen LogP contribution in [0, 0.1) is 24.2 Å². The Morgan fingerprint density at radius 3 is 3.00 bits per heavy atom. The van der Waals surface area contributed by atoms with E-state index >= 15 is 0 Å². The minimum atomic E-state index is 0.655. The summed E-state index contributed by atoms with van der Waals surface area (Å²) in [6.07, 6.45) is 2.21. The number of nitrogens with zero attached hydrogens (tertiary/aromatic N) is 2. The van der Waals surface area contributed by atoms with Crippen LogP contribution in [-0.4, -0.2) is 24.1 Å². The summed E-state index contributed by atoms with van der Waals surface area (Å²) in [6.45, 7) is 4.51. The largest absolute Gasteiger partial charge is 0.381 e. The summed E-state index contributed by atoms with van der Waals surface area (Å²) in [7, 11) is 0. The van der Waals surface area contributed by atoms with Crippen LogP contribution in [0.4, 0.5) is 5.00 Å². The average Bonchev–Trinajstić information content (AvgIpc) is 2.68. The van der Waals surface area contributed by atoms with Gasteiger partial charge in [0.1, 0.15) is 16.6 Å². The van der Waals surface area contributed by atoms with Gasteiger partial charge in [0, 0.05) is 19.8 Å². The van der Waals surface area contributed by atoms with Crippen molar-refractivity contribution in [2.45, 2.75) is 19.8 Å². The van der Waals surface area contributed by atoms with Gasteiger partial charge >= 0.3 is 0 Å². The monoisotopic (exact) mass is 237 g/mol. The van der Waals surface area contributed by atoms with E-state index in [9.17, 15) is 0 Å². The van der Waals surface area contributed by atoms with E-state index in [4.69, 9.17) is 10.00 Å². The van der Waals surface area contributed by atoms with Gasteiger partial charge in [0.2, 0.25) is 0 Å². The summed E-state index contributed by atoms with van der Waals surface area (Å²) >= 11 is 1.37. The van der Waals surface area contributed by atoms with Crippen LogP contribution in [0.25, 0.3) is 0 Å². The van der Waals surface area contributed by atoms with Gasteiger partial charge in [-0.3, -0.25) is 0 Å². The topological polar surface area (TPSA) is 57.9 Å². The molecule has 1 aromatic rings. The zero-order valence-corrected chi connectivity index (χ0v) is 10.1. The number of aryl methyl sites for hydroxylation is 1. The van der Waals surface area contributed by atoms with E-state index < -0.39 is 0 Å². The van der Waals surface area contributed by atoms with Gasteiger partial charge in [-0.15, -0.1) is 0 Å². The van der Waals surface area contributed by atoms with Crippen LogP contribution in [-0.2, 0) is 4.74 Å². The van der Waals surface area contributed by atoms with Gasteiger partial charge in [0.15, 0.2) is 0 Å². The van der Waals surface area contributed by atoms with Crippen molar-refractivity contribution >= 4 is 16.5 Å². The molecule has 0 spiro atoms. The van der Waals surface area contributed by atoms with Crippen LogP contribution in [0.3, 0.4) is 0 Å². The number of anilines is 1. The molecule has 0 aromatic carbocycles. The third-order valence-electron chi connectivity index (χ3n) is 2.87. The number of hydrogen-bond acceptors (Lipinski definition) is 5. The highest BCUT2D eigenvalue weighted by Gasteiger charge is 2.15. The molecule has 0 amide bonds. The van der Waals surface area contributed by atoms with Crippen molar-refractivity contribution in [1.82, 2.24) is 4.37 Å². The fourth-order valence-corrected chi connectivity index (χ4v) is 2.56. The summed E-state index contributed by atoms with van der Waals surface area (Å²) in [5.74, 6) is 0.655. The van der Waals surface area contributed by atoms with Gasteiger partial charge in [-0.2, -0.15) is 9.64 Å². The molecule has 0 aliphatic carbocycles. The Morgan fingerprint density at radius 1 is 1.56 bits per heavy atom. The van der Waals surface area contributed by atoms with Gasteiger partial charge in [-0.25, -0.2) is 0 Å². The first kappa shape index (κ1) is 11.4. The van der Waals surface area contributed by atoms with Crippen molar-refractivity contribution in [2.24, 2.45) is 5.92 Å². The minimum Gasteiger partial charge on any atom is -0.381 e. The maximum Gasteiger partial charge on any atom is 0.127 e. The lowest BCUT2D eigenvalue weighted by Crippen LogP contribution is -2.22. The summed E-state index contributed by atoms with van der Waals surface area (Å²) < 4.78 is 9.49. The van der Waals surface area contributed by atoms with Gasteiger partial charge < -0.3 is 10.1 Å². The first-order valence-electron chi connectivity index (χ1n) is 5.49. The fourth-order valence-electron chi connectivity index (χ4n) is 1.81. The highest BCUT2D eigenvalue weighted by Crippen LogP contribution is 2.24. The van der Waals surface area contributed by atoms with Crippen LogP contribution in [0.1, 0.15) is 24.1 Å². The summed E-state index contributed by atoms with van der Waals surface area (Å²) in [5, 5.41) is 13.2. The standard InChI is InChI=1S/C11H15N3OS/c1-8-10(6-12)11(16-14-8)13-7-9-2-4-15-5-3-9/h9,13H,2-5,7H2,1H3. The maximum absolute atomic E-state index is 8.98. The first-order chi connectivity index (χ1) is 7.81. The zero-order chi connectivity index (χ0) is 11.4. The van der Waals surface area contributed by atoms with E-state index in [0.29, 0.717) is 11.5 Å². The zero-order valence-electron chi connectivity index (χ0n) is 9.32. The second-order valence-electron chi connectivity index (χ2n) is 4.02. The van der Waals surface area contributed by atoms with Gasteiger partial charge in [-0.05, 0) is 37.2 Å². The molecule has 86 valence electrons. The van der Waals surface area contributed by atoms with E-state index in [1.807, 2.05) is 6.92 Å². The second-order valence-corrected chi connectivity index (χ2v) is 4.79. The molecule has 1 aliphatic heterocycles. The van der Waals surface area contributed by atoms with Crippen molar-refractivity contribution in [3.8, 4) is 6.07 Å². The number of aromatic nitrogens is 1. The Kier molecular flexibility index (Phi) is 3.75. The smallest absolute Gasteiger partial charge is 0.127 e. The van der Waals surface area contributed by atoms with Crippen molar-refractivity contribution in [3.05, 3.63) is 11.3 Å². The average molecular weight is 237 g/mol. The number of nitriles is 1. The molecule has 0 saturated carbocycles. The molecule has 5 heteroatoms. The van der Waals surface area contributed by atoms with Crippen LogP contribution >= 0.6 is 11.5 Å². The highest BCUT2D eigenvalue weighted by molar-refractivity contribution is 7.10. The minimum absolute atomic E-state index is 0.655. The van der Waals surface area contributed by atoms with Gasteiger partial charge in [0.25, 0.3) is 0 Å². The molecule has 0 unspecified atom stereocenters. The Bertz CT molecular complexity index is 390. The van der Waals surface area contributed by atoms with Gasteiger partial charge in [0.05, 0.1) is 5.69 Å². The summed E-state index contributed by atoms with van der Waals surface area (Å²) in [5.41, 5.74) is 1.51. The molecule has 0 bridgehead atoms. The Balaban J connectivity index is 1.91. The van der Waals surface area contributed by atoms with Crippen LogP contribution in [0.15, 0.2) is 0 Å². The molecule has 4 nitrogen and oxygen atoms in total. The molecule has 1 aromatic heterocycles. The molecule has 16 heavy (non-hydrogen) atoms. The van der Waals surface area contributed by atoms with Crippen LogP contribution in [0.2, 0.25) is 0 Å². The lowest BCUT2D eigenvalue weighted by atomic mass is 10.0. The first-order valence-corrected chi connectivity index (χ1v) is 6.26.